The zero-order chi connectivity index (χ0) is 25.7. The fraction of sp³-hybridized carbons (Fsp3) is 0.333. The van der Waals surface area contributed by atoms with E-state index in [1.54, 1.807) is 6.92 Å². The van der Waals surface area contributed by atoms with Crippen LogP contribution in [0.1, 0.15) is 5.56 Å². The molecule has 2 heterocycles. The van der Waals surface area contributed by atoms with E-state index in [0.29, 0.717) is 17.1 Å². The summed E-state index contributed by atoms with van der Waals surface area (Å²) >= 11 is 6.27. The van der Waals surface area contributed by atoms with Crippen molar-refractivity contribution < 1.29 is 26.3 Å². The van der Waals surface area contributed by atoms with E-state index in [1.807, 2.05) is 0 Å². The molecule has 0 bridgehead atoms. The van der Waals surface area contributed by atoms with Gasteiger partial charge < -0.3 is 14.6 Å². The average molecular weight is 532 g/mol. The average Bonchev–Trinajstić information content (AvgIpc) is 3.20. The Morgan fingerprint density at radius 2 is 1.94 bits per heavy atom. The highest BCUT2D eigenvalue weighted by Gasteiger charge is 2.39. The first kappa shape index (κ1) is 25.2. The van der Waals surface area contributed by atoms with Crippen LogP contribution >= 0.6 is 11.6 Å². The molecule has 2 atom stereocenters. The number of rotatable bonds is 6. The van der Waals surface area contributed by atoms with Crippen molar-refractivity contribution in [1.82, 2.24) is 13.9 Å². The van der Waals surface area contributed by atoms with Crippen LogP contribution in [0.5, 0.6) is 0 Å². The molecule has 2 aromatic carbocycles. The molecule has 2 N–H and O–H groups in total. The van der Waals surface area contributed by atoms with E-state index in [0.717, 1.165) is 4.31 Å². The highest BCUT2D eigenvalue weighted by atomic mass is 35.5. The summed E-state index contributed by atoms with van der Waals surface area (Å²) in [7, 11) is -1.59. The molecule has 9 nitrogen and oxygen atoms in total. The Bertz CT molecular complexity index is 1480. The van der Waals surface area contributed by atoms with Gasteiger partial charge in [0.15, 0.2) is 11.6 Å². The monoisotopic (exact) mass is 531 g/mol. The standard InChI is InChI=1S/C21H21ClF3N5O4S/c1-10-13(4-5-14-17(10)21(31)29(2)9-26-14)27-20-18(22)15(6-11(23)19(20)25)28-35(32,33)30-7-12(24)16(8-30)34-3/h4-6,9,12,16,27-28H,7-8H2,1-3H3. The van der Waals surface area contributed by atoms with Gasteiger partial charge in [-0.15, -0.1) is 0 Å². The Hall–Kier alpha value is -2.87. The highest BCUT2D eigenvalue weighted by molar-refractivity contribution is 7.90. The Kier molecular flexibility index (Phi) is 6.70. The van der Waals surface area contributed by atoms with Crippen LogP contribution in [0.4, 0.5) is 30.2 Å². The molecule has 1 aliphatic rings. The summed E-state index contributed by atoms with van der Waals surface area (Å²) in [5.74, 6) is -2.74. The molecule has 14 heteroatoms. The number of hydrogen-bond acceptors (Lipinski definition) is 6. The number of aryl methyl sites for hydroxylation is 2. The molecule has 2 unspecified atom stereocenters. The number of benzene rings is 2. The number of anilines is 3. The third kappa shape index (κ3) is 4.56. The quantitative estimate of drug-likeness (QED) is 0.473. The molecule has 0 saturated carbocycles. The SMILES string of the molecule is COC1CN(S(=O)(=O)Nc2cc(F)c(F)c(Nc3ccc4ncn(C)c(=O)c4c3C)c2Cl)CC1F. The maximum Gasteiger partial charge on any atom is 0.301 e. The zero-order valence-corrected chi connectivity index (χ0v) is 20.3. The van der Waals surface area contributed by atoms with Crippen molar-refractivity contribution in [3.63, 3.8) is 0 Å². The van der Waals surface area contributed by atoms with Gasteiger partial charge in [-0.3, -0.25) is 9.52 Å². The van der Waals surface area contributed by atoms with Crippen LogP contribution in [-0.2, 0) is 22.0 Å². The minimum atomic E-state index is -4.37. The smallest absolute Gasteiger partial charge is 0.301 e. The summed E-state index contributed by atoms with van der Waals surface area (Å²) in [6, 6.07) is 3.61. The number of aromatic nitrogens is 2. The number of hydrogen-bond donors (Lipinski definition) is 2. The fourth-order valence-corrected chi connectivity index (χ4v) is 5.37. The normalized spacial score (nSPS) is 18.8. The summed E-state index contributed by atoms with van der Waals surface area (Å²) in [6.45, 7) is 0.855. The van der Waals surface area contributed by atoms with Crippen molar-refractivity contribution in [3.05, 3.63) is 57.1 Å². The number of nitrogens with zero attached hydrogens (tertiary/aromatic N) is 3. The van der Waals surface area contributed by atoms with E-state index in [4.69, 9.17) is 16.3 Å². The number of nitrogens with one attached hydrogen (secondary N) is 2. The lowest BCUT2D eigenvalue weighted by molar-refractivity contribution is 0.0637. The topological polar surface area (TPSA) is 106 Å². The lowest BCUT2D eigenvalue weighted by Crippen LogP contribution is -2.35. The molecule has 1 saturated heterocycles. The van der Waals surface area contributed by atoms with Gasteiger partial charge in [0, 0.05) is 39.0 Å². The number of ether oxygens (including phenoxy) is 1. The number of alkyl halides is 1. The maximum absolute atomic E-state index is 14.7. The molecule has 0 amide bonds. The fourth-order valence-electron chi connectivity index (χ4n) is 3.83. The lowest BCUT2D eigenvalue weighted by atomic mass is 10.1. The van der Waals surface area contributed by atoms with Crippen LogP contribution in [0.2, 0.25) is 5.02 Å². The molecular weight excluding hydrogens is 511 g/mol. The van der Waals surface area contributed by atoms with Crippen molar-refractivity contribution >= 4 is 49.8 Å². The van der Waals surface area contributed by atoms with Crippen LogP contribution in [0, 0.1) is 18.6 Å². The van der Waals surface area contributed by atoms with Gasteiger partial charge in [0.1, 0.15) is 12.3 Å². The van der Waals surface area contributed by atoms with E-state index >= 15 is 0 Å². The first-order valence-corrected chi connectivity index (χ1v) is 12.1. The third-order valence-corrected chi connectivity index (χ3v) is 7.66. The van der Waals surface area contributed by atoms with Crippen LogP contribution in [0.15, 0.2) is 29.3 Å². The molecule has 188 valence electrons. The van der Waals surface area contributed by atoms with E-state index in [2.05, 4.69) is 15.0 Å². The predicted molar refractivity (Wildman–Crippen MR) is 126 cm³/mol. The molecule has 0 radical (unpaired) electrons. The summed E-state index contributed by atoms with van der Waals surface area (Å²) in [6.07, 6.45) is -1.14. The van der Waals surface area contributed by atoms with Crippen molar-refractivity contribution in [3.8, 4) is 0 Å². The van der Waals surface area contributed by atoms with Gasteiger partial charge in [0.05, 0.1) is 33.6 Å². The van der Waals surface area contributed by atoms with Crippen LogP contribution in [0.3, 0.4) is 0 Å². The van der Waals surface area contributed by atoms with E-state index in [9.17, 15) is 26.4 Å². The van der Waals surface area contributed by atoms with Gasteiger partial charge in [0.25, 0.3) is 5.56 Å². The van der Waals surface area contributed by atoms with Gasteiger partial charge in [-0.2, -0.15) is 12.7 Å². The Labute approximate surface area is 203 Å². The van der Waals surface area contributed by atoms with Gasteiger partial charge >= 0.3 is 10.2 Å². The van der Waals surface area contributed by atoms with Crippen LogP contribution < -0.4 is 15.6 Å². The lowest BCUT2D eigenvalue weighted by Gasteiger charge is -2.20. The molecule has 1 fully saturated rings. The van der Waals surface area contributed by atoms with Crippen LogP contribution in [0.25, 0.3) is 10.9 Å². The molecular formula is C21H21ClF3N5O4S. The molecule has 35 heavy (non-hydrogen) atoms. The molecule has 0 aliphatic carbocycles. The van der Waals surface area contributed by atoms with Crippen LogP contribution in [-0.4, -0.2) is 54.7 Å². The van der Waals surface area contributed by atoms with Crippen molar-refractivity contribution in [2.75, 3.05) is 30.2 Å². The minimum Gasteiger partial charge on any atom is -0.377 e. The Morgan fingerprint density at radius 1 is 1.23 bits per heavy atom. The second-order valence-corrected chi connectivity index (χ2v) is 10.1. The summed E-state index contributed by atoms with van der Waals surface area (Å²) in [5.41, 5.74) is -0.323. The second kappa shape index (κ2) is 9.30. The maximum atomic E-state index is 14.7. The predicted octanol–water partition coefficient (Wildman–Crippen LogP) is 3.24. The molecule has 1 aliphatic heterocycles. The van der Waals surface area contributed by atoms with Crippen molar-refractivity contribution in [2.24, 2.45) is 7.05 Å². The minimum absolute atomic E-state index is 0.227. The first-order valence-electron chi connectivity index (χ1n) is 10.3. The van der Waals surface area contributed by atoms with Crippen molar-refractivity contribution in [1.29, 1.82) is 0 Å². The Morgan fingerprint density at radius 3 is 2.60 bits per heavy atom. The number of halogens is 4. The van der Waals surface area contributed by atoms with E-state index in [-0.39, 0.29) is 23.2 Å². The largest absolute Gasteiger partial charge is 0.377 e. The third-order valence-electron chi connectivity index (χ3n) is 5.81. The van der Waals surface area contributed by atoms with Gasteiger partial charge in [-0.05, 0) is 24.6 Å². The molecule has 3 aromatic rings. The van der Waals surface area contributed by atoms with Crippen molar-refractivity contribution in [2.45, 2.75) is 19.2 Å². The summed E-state index contributed by atoms with van der Waals surface area (Å²) < 4.78 is 77.7. The molecule has 0 spiro atoms. The van der Waals surface area contributed by atoms with Gasteiger partial charge in [0.2, 0.25) is 0 Å². The molecule has 4 rings (SSSR count). The summed E-state index contributed by atoms with van der Waals surface area (Å²) in [4.78, 5) is 16.7. The second-order valence-electron chi connectivity index (χ2n) is 8.04. The van der Waals surface area contributed by atoms with E-state index in [1.165, 1.54) is 37.2 Å². The molecule has 1 aromatic heterocycles. The number of fused-ring (bicyclic) bond motifs is 1. The first-order chi connectivity index (χ1) is 16.4. The Balaban J connectivity index is 1.72. The zero-order valence-electron chi connectivity index (χ0n) is 18.8. The van der Waals surface area contributed by atoms with Gasteiger partial charge in [-0.25, -0.2) is 18.2 Å². The van der Waals surface area contributed by atoms with Gasteiger partial charge in [-0.1, -0.05) is 11.6 Å². The van der Waals surface area contributed by atoms with E-state index < -0.39 is 57.1 Å². The summed E-state index contributed by atoms with van der Waals surface area (Å²) in [5, 5.41) is 2.45. The number of methoxy groups -OCH3 is 1. The highest BCUT2D eigenvalue weighted by Crippen LogP contribution is 2.38.